The summed E-state index contributed by atoms with van der Waals surface area (Å²) in [5.41, 5.74) is 0. The highest BCUT2D eigenvalue weighted by atomic mass is 32.2. The van der Waals surface area contributed by atoms with Gasteiger partial charge in [0, 0.05) is 57.6 Å². The molecule has 0 N–H and O–H groups in total. The van der Waals surface area contributed by atoms with Gasteiger partial charge in [0.25, 0.3) is 0 Å². The van der Waals surface area contributed by atoms with Crippen LogP contribution < -0.4 is 9.47 Å². The van der Waals surface area contributed by atoms with Gasteiger partial charge in [0.05, 0.1) is 23.9 Å². The van der Waals surface area contributed by atoms with Crippen molar-refractivity contribution in [2.24, 2.45) is 0 Å². The summed E-state index contributed by atoms with van der Waals surface area (Å²) in [4.78, 5) is 18.7. The number of hydrogen-bond acceptors (Lipinski definition) is 7. The molecular weight excluding hydrogens is 440 g/mol. The van der Waals surface area contributed by atoms with E-state index in [1.54, 1.807) is 23.2 Å². The van der Waals surface area contributed by atoms with Crippen molar-refractivity contribution in [2.45, 2.75) is 29.9 Å². The number of sulfonamides is 1. The summed E-state index contributed by atoms with van der Waals surface area (Å²) < 4.78 is 40.8. The van der Waals surface area contributed by atoms with Crippen LogP contribution in [-0.2, 0) is 21.4 Å². The van der Waals surface area contributed by atoms with Crippen molar-refractivity contribution >= 4 is 27.7 Å². The highest BCUT2D eigenvalue weighted by Gasteiger charge is 2.31. The summed E-state index contributed by atoms with van der Waals surface area (Å²) in [6, 6.07) is 4.72. The number of aryl methyl sites for hydroxylation is 1. The Labute approximate surface area is 186 Å². The maximum Gasteiger partial charge on any atom is 0.243 e. The van der Waals surface area contributed by atoms with Crippen LogP contribution in [0, 0.1) is 0 Å². The number of aromatic nitrogens is 2. The van der Waals surface area contributed by atoms with E-state index in [0.29, 0.717) is 37.8 Å². The SMILES string of the molecule is CCn1ccnc1SCC(=O)N1CCN(S(=O)(=O)c2ccc3c(c2)OCCCO3)CC1. The quantitative estimate of drug-likeness (QED) is 0.598. The third-order valence-electron chi connectivity index (χ3n) is 5.29. The molecule has 2 aliphatic rings. The van der Waals surface area contributed by atoms with Gasteiger partial charge in [-0.2, -0.15) is 4.31 Å². The first-order chi connectivity index (χ1) is 15.0. The molecule has 0 unspecified atom stereocenters. The van der Waals surface area contributed by atoms with Gasteiger partial charge in [-0.05, 0) is 19.1 Å². The Bertz CT molecular complexity index is 1030. The smallest absolute Gasteiger partial charge is 0.243 e. The minimum Gasteiger partial charge on any atom is -0.490 e. The third kappa shape index (κ3) is 4.83. The molecule has 4 rings (SSSR count). The largest absolute Gasteiger partial charge is 0.490 e. The fourth-order valence-corrected chi connectivity index (χ4v) is 5.89. The summed E-state index contributed by atoms with van der Waals surface area (Å²) in [6.45, 7) is 5.12. The van der Waals surface area contributed by atoms with Gasteiger partial charge in [0.15, 0.2) is 16.7 Å². The van der Waals surface area contributed by atoms with Gasteiger partial charge < -0.3 is 18.9 Å². The van der Waals surface area contributed by atoms with Gasteiger partial charge in [-0.25, -0.2) is 13.4 Å². The number of piperazine rings is 1. The van der Waals surface area contributed by atoms with Crippen molar-refractivity contribution in [3.8, 4) is 11.5 Å². The molecule has 0 aliphatic carbocycles. The van der Waals surface area contributed by atoms with Crippen molar-refractivity contribution in [1.82, 2.24) is 18.8 Å². The van der Waals surface area contributed by atoms with Gasteiger partial charge in [0.1, 0.15) is 0 Å². The molecule has 31 heavy (non-hydrogen) atoms. The van der Waals surface area contributed by atoms with E-state index < -0.39 is 10.0 Å². The maximum absolute atomic E-state index is 13.1. The van der Waals surface area contributed by atoms with Crippen molar-refractivity contribution < 1.29 is 22.7 Å². The van der Waals surface area contributed by atoms with E-state index in [4.69, 9.17) is 9.47 Å². The van der Waals surface area contributed by atoms with E-state index in [9.17, 15) is 13.2 Å². The molecule has 1 fully saturated rings. The minimum atomic E-state index is -3.67. The Kier molecular flexibility index (Phi) is 6.73. The molecule has 0 saturated carbocycles. The first kappa shape index (κ1) is 22.0. The Morgan fingerprint density at radius 2 is 1.87 bits per heavy atom. The lowest BCUT2D eigenvalue weighted by atomic mass is 10.3. The van der Waals surface area contributed by atoms with Crippen molar-refractivity contribution in [1.29, 1.82) is 0 Å². The monoisotopic (exact) mass is 466 g/mol. The molecule has 1 amide bonds. The second-order valence-corrected chi connectivity index (χ2v) is 10.1. The summed E-state index contributed by atoms with van der Waals surface area (Å²) in [5, 5.41) is 0.812. The van der Waals surface area contributed by atoms with E-state index in [0.717, 1.165) is 18.1 Å². The average Bonchev–Trinajstić information content (AvgIpc) is 3.12. The van der Waals surface area contributed by atoms with Crippen LogP contribution in [0.25, 0.3) is 0 Å². The molecule has 1 aromatic heterocycles. The molecule has 1 saturated heterocycles. The number of imidazole rings is 1. The first-order valence-corrected chi connectivity index (χ1v) is 12.7. The molecule has 0 atom stereocenters. The van der Waals surface area contributed by atoms with E-state index in [-0.39, 0.29) is 29.6 Å². The van der Waals surface area contributed by atoms with Crippen LogP contribution in [0.5, 0.6) is 11.5 Å². The fraction of sp³-hybridized carbons (Fsp3) is 0.500. The Morgan fingerprint density at radius 1 is 1.13 bits per heavy atom. The molecule has 0 bridgehead atoms. The second kappa shape index (κ2) is 9.49. The number of carbonyl (C=O) groups is 1. The zero-order chi connectivity index (χ0) is 21.8. The van der Waals surface area contributed by atoms with Gasteiger partial charge >= 0.3 is 0 Å². The summed E-state index contributed by atoms with van der Waals surface area (Å²) >= 11 is 1.40. The van der Waals surface area contributed by atoms with E-state index in [1.165, 1.54) is 22.1 Å². The molecule has 0 spiro atoms. The molecular formula is C20H26N4O5S2. The first-order valence-electron chi connectivity index (χ1n) is 10.3. The Hall–Kier alpha value is -2.24. The van der Waals surface area contributed by atoms with Crippen molar-refractivity contribution in [3.05, 3.63) is 30.6 Å². The predicted octanol–water partition coefficient (Wildman–Crippen LogP) is 1.69. The molecule has 0 radical (unpaired) electrons. The summed E-state index contributed by atoms with van der Waals surface area (Å²) in [6.07, 6.45) is 4.36. The lowest BCUT2D eigenvalue weighted by Gasteiger charge is -2.34. The molecule has 9 nitrogen and oxygen atoms in total. The molecule has 1 aromatic carbocycles. The Morgan fingerprint density at radius 3 is 2.61 bits per heavy atom. The normalized spacial score (nSPS) is 17.4. The van der Waals surface area contributed by atoms with Crippen LogP contribution in [0.4, 0.5) is 0 Å². The van der Waals surface area contributed by atoms with Crippen LogP contribution in [0.3, 0.4) is 0 Å². The van der Waals surface area contributed by atoms with Crippen LogP contribution in [0.1, 0.15) is 13.3 Å². The third-order valence-corrected chi connectivity index (χ3v) is 8.17. The molecule has 11 heteroatoms. The maximum atomic E-state index is 13.1. The zero-order valence-corrected chi connectivity index (χ0v) is 19.0. The number of nitrogens with zero attached hydrogens (tertiary/aromatic N) is 4. The lowest BCUT2D eigenvalue weighted by molar-refractivity contribution is -0.129. The van der Waals surface area contributed by atoms with E-state index in [2.05, 4.69) is 4.98 Å². The predicted molar refractivity (Wildman–Crippen MR) is 116 cm³/mol. The van der Waals surface area contributed by atoms with Crippen molar-refractivity contribution in [2.75, 3.05) is 45.1 Å². The highest BCUT2D eigenvalue weighted by molar-refractivity contribution is 7.99. The number of rotatable bonds is 6. The van der Waals surface area contributed by atoms with Gasteiger partial charge in [-0.15, -0.1) is 0 Å². The number of carbonyl (C=O) groups excluding carboxylic acids is 1. The molecule has 2 aromatic rings. The fourth-order valence-electron chi connectivity index (χ4n) is 3.52. The number of fused-ring (bicyclic) bond motifs is 1. The number of benzene rings is 1. The Balaban J connectivity index is 1.35. The van der Waals surface area contributed by atoms with Crippen LogP contribution in [-0.4, -0.2) is 78.2 Å². The van der Waals surface area contributed by atoms with Crippen molar-refractivity contribution in [3.63, 3.8) is 0 Å². The average molecular weight is 467 g/mol. The minimum absolute atomic E-state index is 0.0109. The number of thioether (sulfide) groups is 1. The van der Waals surface area contributed by atoms with Gasteiger partial charge in [0.2, 0.25) is 15.9 Å². The van der Waals surface area contributed by atoms with E-state index in [1.807, 2.05) is 17.7 Å². The summed E-state index contributed by atoms with van der Waals surface area (Å²) in [5.74, 6) is 1.29. The van der Waals surface area contributed by atoms with Gasteiger partial charge in [-0.3, -0.25) is 4.79 Å². The molecule has 3 heterocycles. The lowest BCUT2D eigenvalue weighted by Crippen LogP contribution is -2.51. The number of hydrogen-bond donors (Lipinski definition) is 0. The van der Waals surface area contributed by atoms with Crippen LogP contribution >= 0.6 is 11.8 Å². The summed E-state index contributed by atoms with van der Waals surface area (Å²) in [7, 11) is -3.67. The second-order valence-electron chi connectivity index (χ2n) is 7.23. The molecule has 2 aliphatic heterocycles. The topological polar surface area (TPSA) is 94.0 Å². The number of ether oxygens (including phenoxy) is 2. The van der Waals surface area contributed by atoms with Crippen LogP contribution in [0.15, 0.2) is 40.6 Å². The highest BCUT2D eigenvalue weighted by Crippen LogP contribution is 2.33. The van der Waals surface area contributed by atoms with E-state index >= 15 is 0 Å². The van der Waals surface area contributed by atoms with Crippen LogP contribution in [0.2, 0.25) is 0 Å². The molecule has 168 valence electrons. The zero-order valence-electron chi connectivity index (χ0n) is 17.4. The number of amides is 1. The standard InChI is InChI=1S/C20H26N4O5S2/c1-2-22-7-6-21-20(22)30-15-19(25)23-8-10-24(11-9-23)31(26,27)16-4-5-17-18(14-16)29-13-3-12-28-17/h4-7,14H,2-3,8-13,15H2,1H3. The van der Waals surface area contributed by atoms with Gasteiger partial charge in [-0.1, -0.05) is 11.8 Å².